The Hall–Kier alpha value is -3.67. The van der Waals surface area contributed by atoms with E-state index in [1.807, 2.05) is 4.90 Å². The van der Waals surface area contributed by atoms with Gasteiger partial charge in [0.1, 0.15) is 18.5 Å². The second kappa shape index (κ2) is 8.66. The molecule has 10 nitrogen and oxygen atoms in total. The topological polar surface area (TPSA) is 134 Å². The molecular formula is C29H29FN4O6. The number of aryl methyl sites for hydroxylation is 1. The molecule has 1 aliphatic carbocycles. The standard InChI is InChI=1S/C29H29FN4O6/c1-3-29(39)17-8-21-25-15(10-34(21)27(37)16(17)12-40-28(29)38)24-19(32-26(36)22-11-33(22)6-7-35)5-4-14-13(2)18(30)9-20(31-25)23(14)24/h8-9,19,22,35,39H,3-7,10-12H2,1-2H3,(H,32,36)/t19-,22-,29-,33?/m0/s1. The van der Waals surface area contributed by atoms with Crippen molar-refractivity contribution in [3.63, 3.8) is 0 Å². The number of halogens is 1. The minimum Gasteiger partial charge on any atom is -0.458 e. The van der Waals surface area contributed by atoms with Gasteiger partial charge in [0.2, 0.25) is 5.91 Å². The third-order valence-electron chi connectivity index (χ3n) is 9.10. The van der Waals surface area contributed by atoms with Crippen molar-refractivity contribution in [2.24, 2.45) is 0 Å². The van der Waals surface area contributed by atoms with E-state index in [1.54, 1.807) is 24.5 Å². The first-order chi connectivity index (χ1) is 19.2. The van der Waals surface area contributed by atoms with Crippen LogP contribution in [0.3, 0.4) is 0 Å². The van der Waals surface area contributed by atoms with Crippen molar-refractivity contribution in [1.29, 1.82) is 0 Å². The average Bonchev–Trinajstić information content (AvgIpc) is 3.62. The molecule has 3 aliphatic heterocycles. The number of carbonyl (C=O) groups excluding carboxylic acids is 2. The molecule has 1 amide bonds. The lowest BCUT2D eigenvalue weighted by Crippen LogP contribution is -2.44. The molecule has 4 aliphatic rings. The molecule has 1 saturated heterocycles. The fourth-order valence-corrected chi connectivity index (χ4v) is 6.77. The molecule has 5 heterocycles. The van der Waals surface area contributed by atoms with Crippen LogP contribution in [0.5, 0.6) is 0 Å². The lowest BCUT2D eigenvalue weighted by Gasteiger charge is -2.31. The third-order valence-corrected chi connectivity index (χ3v) is 9.10. The van der Waals surface area contributed by atoms with E-state index in [4.69, 9.17) is 9.72 Å². The van der Waals surface area contributed by atoms with Crippen LogP contribution >= 0.6 is 0 Å². The minimum absolute atomic E-state index is 0.0231. The lowest BCUT2D eigenvalue weighted by molar-refractivity contribution is -0.172. The van der Waals surface area contributed by atoms with E-state index in [1.165, 1.54) is 6.07 Å². The fourth-order valence-electron chi connectivity index (χ4n) is 6.77. The van der Waals surface area contributed by atoms with Crippen molar-refractivity contribution < 1.29 is 28.9 Å². The van der Waals surface area contributed by atoms with Gasteiger partial charge in [-0.3, -0.25) is 14.5 Å². The summed E-state index contributed by atoms with van der Waals surface area (Å²) in [6.07, 6.45) is 1.15. The van der Waals surface area contributed by atoms with E-state index in [0.717, 1.165) is 22.1 Å². The molecule has 1 aromatic carbocycles. The quantitative estimate of drug-likeness (QED) is 0.251. The maximum atomic E-state index is 15.0. The number of nitrogens with one attached hydrogen (secondary N) is 1. The van der Waals surface area contributed by atoms with E-state index in [2.05, 4.69) is 5.32 Å². The number of pyridine rings is 2. The van der Waals surface area contributed by atoms with Crippen molar-refractivity contribution in [1.82, 2.24) is 19.8 Å². The number of amides is 1. The van der Waals surface area contributed by atoms with Gasteiger partial charge in [-0.15, -0.1) is 0 Å². The molecule has 7 rings (SSSR count). The van der Waals surface area contributed by atoms with E-state index >= 15 is 4.39 Å². The van der Waals surface area contributed by atoms with Crippen LogP contribution in [-0.4, -0.2) is 62.3 Å². The van der Waals surface area contributed by atoms with E-state index < -0.39 is 11.6 Å². The van der Waals surface area contributed by atoms with Crippen LogP contribution in [0.15, 0.2) is 16.9 Å². The highest BCUT2D eigenvalue weighted by atomic mass is 19.1. The molecule has 0 bridgehead atoms. The van der Waals surface area contributed by atoms with Crippen molar-refractivity contribution in [3.8, 4) is 11.4 Å². The van der Waals surface area contributed by atoms with Crippen LogP contribution in [0, 0.1) is 12.7 Å². The summed E-state index contributed by atoms with van der Waals surface area (Å²) in [5.41, 5.74) is 2.44. The maximum Gasteiger partial charge on any atom is 0.343 e. The number of benzene rings is 1. The first-order valence-corrected chi connectivity index (χ1v) is 13.6. The molecular weight excluding hydrogens is 519 g/mol. The molecule has 0 radical (unpaired) electrons. The molecule has 2 aromatic heterocycles. The van der Waals surface area contributed by atoms with Crippen LogP contribution in [-0.2, 0) is 39.5 Å². The summed E-state index contributed by atoms with van der Waals surface area (Å²) in [5, 5.41) is 24.4. The van der Waals surface area contributed by atoms with Crippen LogP contribution in [0.25, 0.3) is 22.3 Å². The van der Waals surface area contributed by atoms with E-state index in [-0.39, 0.29) is 66.7 Å². The number of aliphatic hydroxyl groups excluding tert-OH is 1. The first kappa shape index (κ1) is 25.3. The third kappa shape index (κ3) is 3.37. The molecule has 3 aromatic rings. The number of cyclic esters (lactones) is 1. The van der Waals surface area contributed by atoms with Crippen molar-refractivity contribution >= 4 is 22.8 Å². The Balaban J connectivity index is 1.42. The van der Waals surface area contributed by atoms with E-state index in [9.17, 15) is 24.6 Å². The highest BCUT2D eigenvalue weighted by molar-refractivity contribution is 5.94. The van der Waals surface area contributed by atoms with Gasteiger partial charge in [-0.2, -0.15) is 0 Å². The zero-order chi connectivity index (χ0) is 28.1. The highest BCUT2D eigenvalue weighted by Crippen LogP contribution is 2.46. The second-order valence-corrected chi connectivity index (χ2v) is 11.1. The van der Waals surface area contributed by atoms with Gasteiger partial charge in [0, 0.05) is 35.7 Å². The Morgan fingerprint density at radius 3 is 2.83 bits per heavy atom. The number of aliphatic hydroxyl groups is 2. The van der Waals surface area contributed by atoms with Crippen molar-refractivity contribution in [2.45, 2.75) is 63.9 Å². The SMILES string of the molecule is CC[C@@]1(O)C(=O)OCc2c1cc1n(c2=O)Cc2c-1nc1cc(F)c(C)c3c1c2[C@@H](NC(=O)[C@@H]1CN1CCO)CC3. The molecule has 1 fully saturated rings. The van der Waals surface area contributed by atoms with Gasteiger partial charge in [0.05, 0.1) is 41.7 Å². The zero-order valence-corrected chi connectivity index (χ0v) is 22.2. The Morgan fingerprint density at radius 2 is 2.08 bits per heavy atom. The molecule has 208 valence electrons. The number of β-amino-alcohol motifs (C(OH)–C–C–N with tert-alkyl or cyclic N) is 1. The Kier molecular flexibility index (Phi) is 5.48. The predicted octanol–water partition coefficient (Wildman–Crippen LogP) is 1.31. The summed E-state index contributed by atoms with van der Waals surface area (Å²) in [6, 6.07) is 2.35. The predicted molar refractivity (Wildman–Crippen MR) is 141 cm³/mol. The molecule has 4 atom stereocenters. The molecule has 40 heavy (non-hydrogen) atoms. The maximum absolute atomic E-state index is 15.0. The normalized spacial score (nSPS) is 25.7. The number of fused-ring (bicyclic) bond motifs is 5. The highest BCUT2D eigenvalue weighted by Gasteiger charge is 2.46. The number of carbonyl (C=O) groups is 2. The fraction of sp³-hybridized carbons (Fsp3) is 0.448. The molecule has 0 saturated carbocycles. The van der Waals surface area contributed by atoms with Crippen LogP contribution in [0.1, 0.15) is 59.2 Å². The van der Waals surface area contributed by atoms with Crippen LogP contribution in [0.4, 0.5) is 4.39 Å². The number of esters is 1. The molecule has 0 spiro atoms. The van der Waals surface area contributed by atoms with Gasteiger partial charge < -0.3 is 24.8 Å². The van der Waals surface area contributed by atoms with Gasteiger partial charge >= 0.3 is 5.97 Å². The second-order valence-electron chi connectivity index (χ2n) is 11.1. The summed E-state index contributed by atoms with van der Waals surface area (Å²) < 4.78 is 21.8. The number of nitrogens with zero attached hydrogens (tertiary/aromatic N) is 3. The van der Waals surface area contributed by atoms with Gasteiger partial charge in [-0.25, -0.2) is 14.2 Å². The van der Waals surface area contributed by atoms with Crippen LogP contribution in [0.2, 0.25) is 0 Å². The monoisotopic (exact) mass is 548 g/mol. The molecule has 1 unspecified atom stereocenters. The van der Waals surface area contributed by atoms with Crippen molar-refractivity contribution in [2.75, 3.05) is 19.7 Å². The van der Waals surface area contributed by atoms with Gasteiger partial charge in [-0.1, -0.05) is 6.92 Å². The largest absolute Gasteiger partial charge is 0.458 e. The summed E-state index contributed by atoms with van der Waals surface area (Å²) >= 11 is 0. The first-order valence-electron chi connectivity index (χ1n) is 13.6. The van der Waals surface area contributed by atoms with E-state index in [0.29, 0.717) is 48.4 Å². The summed E-state index contributed by atoms with van der Waals surface area (Å²) in [7, 11) is 0. The summed E-state index contributed by atoms with van der Waals surface area (Å²) in [6.45, 7) is 4.34. The Bertz CT molecular complexity index is 1720. The van der Waals surface area contributed by atoms with Gasteiger partial charge in [0.25, 0.3) is 5.56 Å². The minimum atomic E-state index is -1.95. The van der Waals surface area contributed by atoms with Crippen LogP contribution < -0.4 is 10.9 Å². The molecule has 11 heteroatoms. The lowest BCUT2D eigenvalue weighted by atomic mass is 9.81. The van der Waals surface area contributed by atoms with Crippen molar-refractivity contribution in [3.05, 3.63) is 61.7 Å². The Morgan fingerprint density at radius 1 is 1.27 bits per heavy atom. The Labute approximate surface area is 228 Å². The number of aromatic nitrogens is 2. The smallest absolute Gasteiger partial charge is 0.343 e. The van der Waals surface area contributed by atoms with Gasteiger partial charge in [-0.05, 0) is 48.9 Å². The number of hydrogen-bond acceptors (Lipinski definition) is 8. The average molecular weight is 549 g/mol. The number of ether oxygens (including phenoxy) is 1. The zero-order valence-electron chi connectivity index (χ0n) is 22.2. The van der Waals surface area contributed by atoms with Gasteiger partial charge in [0.15, 0.2) is 5.60 Å². The summed E-state index contributed by atoms with van der Waals surface area (Å²) in [5.74, 6) is -1.30. The number of rotatable bonds is 5. The summed E-state index contributed by atoms with van der Waals surface area (Å²) in [4.78, 5) is 46.1. The number of hydrogen-bond donors (Lipinski definition) is 3. The molecule has 3 N–H and O–H groups in total.